The summed E-state index contributed by atoms with van der Waals surface area (Å²) in [6, 6.07) is 5.49. The van der Waals surface area contributed by atoms with Gasteiger partial charge in [0.2, 0.25) is 5.91 Å². The van der Waals surface area contributed by atoms with Gasteiger partial charge < -0.3 is 15.0 Å². The normalized spacial score (nSPS) is 18.1. The third kappa shape index (κ3) is 4.01. The lowest BCUT2D eigenvalue weighted by molar-refractivity contribution is -0.117. The lowest BCUT2D eigenvalue weighted by Crippen LogP contribution is -2.15. The Morgan fingerprint density at radius 1 is 1.26 bits per heavy atom. The van der Waals surface area contributed by atoms with Crippen LogP contribution in [-0.2, 0) is 11.8 Å². The number of aryl methyl sites for hydroxylation is 2. The maximum atomic E-state index is 13.2. The monoisotopic (exact) mass is 461 g/mol. The van der Waals surface area contributed by atoms with Crippen LogP contribution in [0.4, 0.5) is 10.2 Å². The Morgan fingerprint density at radius 3 is 2.71 bits per heavy atom. The SMILES string of the molecule is CC[C@H](O)c1cc(C)c(-c2cc3cnc(NC(=O)[C@H]4C[C@H]4F)cc3nc2-c2nncn2C)cn1. The smallest absolute Gasteiger partial charge is 0.231 e. The van der Waals surface area contributed by atoms with Gasteiger partial charge in [0.25, 0.3) is 0 Å². The second-order valence-electron chi connectivity index (χ2n) is 8.61. The van der Waals surface area contributed by atoms with Gasteiger partial charge in [-0.05, 0) is 37.5 Å². The first-order valence-electron chi connectivity index (χ1n) is 11.1. The second kappa shape index (κ2) is 8.53. The largest absolute Gasteiger partial charge is 0.387 e. The Morgan fingerprint density at radius 2 is 2.06 bits per heavy atom. The molecule has 174 valence electrons. The highest BCUT2D eigenvalue weighted by Crippen LogP contribution is 2.36. The molecule has 9 nitrogen and oxygen atoms in total. The number of aliphatic hydroxyl groups is 1. The number of aliphatic hydroxyl groups excluding tert-OH is 1. The molecule has 0 aliphatic heterocycles. The van der Waals surface area contributed by atoms with Crippen molar-refractivity contribution < 1.29 is 14.3 Å². The minimum Gasteiger partial charge on any atom is -0.387 e. The molecule has 5 rings (SSSR count). The fourth-order valence-electron chi connectivity index (χ4n) is 3.91. The van der Waals surface area contributed by atoms with Crippen LogP contribution in [-0.4, -0.2) is 46.9 Å². The van der Waals surface area contributed by atoms with Crippen LogP contribution in [0.15, 0.2) is 36.9 Å². The molecule has 1 fully saturated rings. The third-order valence-corrected chi connectivity index (χ3v) is 6.07. The highest BCUT2D eigenvalue weighted by atomic mass is 19.1. The lowest BCUT2D eigenvalue weighted by atomic mass is 9.98. The van der Waals surface area contributed by atoms with Crippen molar-refractivity contribution in [1.29, 1.82) is 0 Å². The number of hydrogen-bond donors (Lipinski definition) is 2. The summed E-state index contributed by atoms with van der Waals surface area (Å²) < 4.78 is 15.0. The number of hydrogen-bond acceptors (Lipinski definition) is 7. The average molecular weight is 462 g/mol. The van der Waals surface area contributed by atoms with Crippen LogP contribution in [0.3, 0.4) is 0 Å². The molecule has 1 aliphatic rings. The van der Waals surface area contributed by atoms with Crippen molar-refractivity contribution >= 4 is 22.6 Å². The molecule has 0 aromatic carbocycles. The van der Waals surface area contributed by atoms with Gasteiger partial charge in [0, 0.05) is 42.0 Å². The number of alkyl halides is 1. The number of carbonyl (C=O) groups excluding carboxylic acids is 1. The second-order valence-corrected chi connectivity index (χ2v) is 8.61. The molecular weight excluding hydrogens is 437 g/mol. The van der Waals surface area contributed by atoms with E-state index in [2.05, 4.69) is 25.5 Å². The van der Waals surface area contributed by atoms with Crippen molar-refractivity contribution in [3.8, 4) is 22.6 Å². The molecule has 0 unspecified atom stereocenters. The van der Waals surface area contributed by atoms with E-state index in [1.807, 2.05) is 33.0 Å². The molecule has 4 aromatic rings. The third-order valence-electron chi connectivity index (χ3n) is 6.07. The summed E-state index contributed by atoms with van der Waals surface area (Å²) in [6.07, 6.45) is 4.07. The number of carbonyl (C=O) groups is 1. The predicted octanol–water partition coefficient (Wildman–Crippen LogP) is 3.54. The van der Waals surface area contributed by atoms with Gasteiger partial charge in [-0.25, -0.2) is 14.4 Å². The fraction of sp³-hybridized carbons (Fsp3) is 0.333. The summed E-state index contributed by atoms with van der Waals surface area (Å²) in [4.78, 5) is 25.8. The van der Waals surface area contributed by atoms with Crippen molar-refractivity contribution in [1.82, 2.24) is 29.7 Å². The molecule has 1 saturated carbocycles. The van der Waals surface area contributed by atoms with Crippen LogP contribution in [0, 0.1) is 12.8 Å². The van der Waals surface area contributed by atoms with Gasteiger partial charge in [0.05, 0.1) is 23.2 Å². The average Bonchev–Trinajstić information content (AvgIpc) is 3.42. The molecule has 0 saturated heterocycles. The Bertz CT molecular complexity index is 1400. The molecule has 1 amide bonds. The first-order valence-corrected chi connectivity index (χ1v) is 11.1. The summed E-state index contributed by atoms with van der Waals surface area (Å²) in [7, 11) is 1.83. The predicted molar refractivity (Wildman–Crippen MR) is 124 cm³/mol. The number of nitrogens with zero attached hydrogens (tertiary/aromatic N) is 6. The minimum absolute atomic E-state index is 0.249. The molecule has 0 bridgehead atoms. The lowest BCUT2D eigenvalue weighted by Gasteiger charge is -2.15. The molecule has 1 aliphatic carbocycles. The van der Waals surface area contributed by atoms with E-state index in [0.717, 1.165) is 22.1 Å². The Balaban J connectivity index is 1.62. The quantitative estimate of drug-likeness (QED) is 0.451. The molecule has 0 radical (unpaired) electrons. The van der Waals surface area contributed by atoms with Gasteiger partial charge in [-0.1, -0.05) is 6.92 Å². The molecule has 3 atom stereocenters. The zero-order valence-corrected chi connectivity index (χ0v) is 19.0. The Labute approximate surface area is 195 Å². The number of anilines is 1. The first-order chi connectivity index (χ1) is 16.4. The van der Waals surface area contributed by atoms with Gasteiger partial charge in [-0.2, -0.15) is 0 Å². The molecule has 4 heterocycles. The number of nitrogens with one attached hydrogen (secondary N) is 1. The topological polar surface area (TPSA) is 119 Å². The van der Waals surface area contributed by atoms with Crippen LogP contribution >= 0.6 is 0 Å². The van der Waals surface area contributed by atoms with Gasteiger partial charge in [-0.3, -0.25) is 9.78 Å². The van der Waals surface area contributed by atoms with Crippen LogP contribution in [0.25, 0.3) is 33.5 Å². The number of amides is 1. The van der Waals surface area contributed by atoms with E-state index < -0.39 is 18.2 Å². The molecule has 10 heteroatoms. The van der Waals surface area contributed by atoms with E-state index in [1.54, 1.807) is 29.4 Å². The number of halogens is 1. The molecule has 4 aromatic heterocycles. The maximum Gasteiger partial charge on any atom is 0.231 e. The minimum atomic E-state index is -1.08. The van der Waals surface area contributed by atoms with Crippen molar-refractivity contribution in [3.05, 3.63) is 48.2 Å². The van der Waals surface area contributed by atoms with Gasteiger partial charge in [0.1, 0.15) is 24.0 Å². The summed E-state index contributed by atoms with van der Waals surface area (Å²) >= 11 is 0. The number of aromatic nitrogens is 6. The van der Waals surface area contributed by atoms with Crippen molar-refractivity contribution in [3.63, 3.8) is 0 Å². The Hall–Kier alpha value is -3.79. The Kier molecular flexibility index (Phi) is 5.52. The summed E-state index contributed by atoms with van der Waals surface area (Å²) in [5.74, 6) is -0.0987. The molecular formula is C24H24FN7O2. The summed E-state index contributed by atoms with van der Waals surface area (Å²) in [6.45, 7) is 3.86. The maximum absolute atomic E-state index is 13.2. The van der Waals surface area contributed by atoms with Gasteiger partial charge >= 0.3 is 0 Å². The van der Waals surface area contributed by atoms with Gasteiger partial charge in [0.15, 0.2) is 5.82 Å². The van der Waals surface area contributed by atoms with Crippen molar-refractivity contribution in [2.45, 2.75) is 39.0 Å². The van der Waals surface area contributed by atoms with E-state index in [0.29, 0.717) is 35.0 Å². The molecule has 34 heavy (non-hydrogen) atoms. The zero-order chi connectivity index (χ0) is 24.0. The van der Waals surface area contributed by atoms with Crippen LogP contribution in [0.2, 0.25) is 0 Å². The van der Waals surface area contributed by atoms with Crippen LogP contribution in [0.1, 0.15) is 37.1 Å². The van der Waals surface area contributed by atoms with E-state index in [-0.39, 0.29) is 12.3 Å². The molecule has 2 N–H and O–H groups in total. The van der Waals surface area contributed by atoms with E-state index in [4.69, 9.17) is 4.98 Å². The first kappa shape index (κ1) is 22.0. The van der Waals surface area contributed by atoms with Gasteiger partial charge in [-0.15, -0.1) is 10.2 Å². The van der Waals surface area contributed by atoms with E-state index in [1.165, 1.54) is 0 Å². The highest BCUT2D eigenvalue weighted by Gasteiger charge is 2.43. The van der Waals surface area contributed by atoms with E-state index in [9.17, 15) is 14.3 Å². The number of fused-ring (bicyclic) bond motifs is 1. The van der Waals surface area contributed by atoms with Crippen molar-refractivity contribution in [2.24, 2.45) is 13.0 Å². The summed E-state index contributed by atoms with van der Waals surface area (Å²) in [5.41, 5.74) is 4.39. The molecule has 0 spiro atoms. The van der Waals surface area contributed by atoms with Crippen LogP contribution < -0.4 is 5.32 Å². The van der Waals surface area contributed by atoms with Crippen molar-refractivity contribution in [2.75, 3.05) is 5.32 Å². The summed E-state index contributed by atoms with van der Waals surface area (Å²) in [5, 5.41) is 21.8. The number of rotatable bonds is 6. The zero-order valence-electron chi connectivity index (χ0n) is 19.0. The van der Waals surface area contributed by atoms with Crippen LogP contribution in [0.5, 0.6) is 0 Å². The standard InChI is InChI=1S/C24H24FN7O2/c1-4-20(33)19-5-12(2)16(10-26-19)14-6-13-9-27-21(30-24(34)15-7-17(15)25)8-18(13)29-22(14)23-31-28-11-32(23)3/h5-6,8-11,15,17,20,33H,4,7H2,1-3H3,(H,27,30,34)/t15-,17+,20-/m0/s1. The fourth-order valence-corrected chi connectivity index (χ4v) is 3.91. The highest BCUT2D eigenvalue weighted by molar-refractivity contribution is 5.96. The number of pyridine rings is 3. The van der Waals surface area contributed by atoms with E-state index >= 15 is 0 Å².